The number of thiophene rings is 1. The third-order valence-electron chi connectivity index (χ3n) is 3.76. The highest BCUT2D eigenvalue weighted by Crippen LogP contribution is 2.32. The van der Waals surface area contributed by atoms with E-state index >= 15 is 0 Å². The van der Waals surface area contributed by atoms with Gasteiger partial charge in [0, 0.05) is 19.8 Å². The van der Waals surface area contributed by atoms with Crippen molar-refractivity contribution in [3.8, 4) is 0 Å². The molecule has 3 N–H and O–H groups in total. The molecule has 5 nitrogen and oxygen atoms in total. The summed E-state index contributed by atoms with van der Waals surface area (Å²) >= 11 is 1.68. The first-order valence-corrected chi connectivity index (χ1v) is 7.37. The smallest absolute Gasteiger partial charge is 0.147 e. The van der Waals surface area contributed by atoms with Gasteiger partial charge >= 0.3 is 0 Å². The van der Waals surface area contributed by atoms with Crippen LogP contribution in [0.4, 0.5) is 5.82 Å². The van der Waals surface area contributed by atoms with Crippen molar-refractivity contribution in [2.45, 2.75) is 25.3 Å². The summed E-state index contributed by atoms with van der Waals surface area (Å²) in [4.78, 5) is 8.75. The first-order chi connectivity index (χ1) is 9.24. The molecule has 0 radical (unpaired) electrons. The summed E-state index contributed by atoms with van der Waals surface area (Å²) in [6.45, 7) is 4.17. The van der Waals surface area contributed by atoms with E-state index in [1.807, 2.05) is 0 Å². The van der Waals surface area contributed by atoms with E-state index in [0.29, 0.717) is 6.54 Å². The van der Waals surface area contributed by atoms with Crippen LogP contribution in [0.25, 0.3) is 10.2 Å². The highest BCUT2D eigenvalue weighted by Gasteiger charge is 2.32. The van der Waals surface area contributed by atoms with Gasteiger partial charge in [-0.05, 0) is 30.7 Å². The first-order valence-electron chi connectivity index (χ1n) is 6.49. The van der Waals surface area contributed by atoms with Gasteiger partial charge in [0.05, 0.1) is 15.8 Å². The van der Waals surface area contributed by atoms with Crippen LogP contribution in [0.15, 0.2) is 11.7 Å². The number of nitrogens with one attached hydrogen (secondary N) is 1. The molecule has 6 heteroatoms. The van der Waals surface area contributed by atoms with Crippen molar-refractivity contribution < 1.29 is 4.74 Å². The fraction of sp³-hybridized carbons (Fsp3) is 0.538. The Morgan fingerprint density at radius 2 is 2.21 bits per heavy atom. The molecule has 1 saturated heterocycles. The minimum Gasteiger partial charge on any atom is -0.381 e. The highest BCUT2D eigenvalue weighted by atomic mass is 32.1. The number of aromatic nitrogens is 2. The maximum absolute atomic E-state index is 5.98. The van der Waals surface area contributed by atoms with E-state index in [9.17, 15) is 0 Å². The van der Waals surface area contributed by atoms with Crippen molar-refractivity contribution in [2.24, 2.45) is 5.73 Å². The average molecular weight is 278 g/mol. The molecule has 19 heavy (non-hydrogen) atoms. The van der Waals surface area contributed by atoms with Crippen molar-refractivity contribution in [1.82, 2.24) is 9.97 Å². The molecule has 2 aromatic heterocycles. The van der Waals surface area contributed by atoms with Crippen LogP contribution in [0.1, 0.15) is 18.4 Å². The Kier molecular flexibility index (Phi) is 3.38. The van der Waals surface area contributed by atoms with E-state index < -0.39 is 0 Å². The maximum atomic E-state index is 5.98. The number of nitrogens with zero attached hydrogens (tertiary/aromatic N) is 2. The summed E-state index contributed by atoms with van der Waals surface area (Å²) in [6.07, 6.45) is 3.45. The molecule has 3 rings (SSSR count). The Morgan fingerprint density at radius 1 is 1.42 bits per heavy atom. The van der Waals surface area contributed by atoms with Crippen LogP contribution in [0.3, 0.4) is 0 Å². The summed E-state index contributed by atoms with van der Waals surface area (Å²) in [6, 6.07) is 0. The van der Waals surface area contributed by atoms with Crippen LogP contribution in [0.2, 0.25) is 0 Å². The zero-order valence-corrected chi connectivity index (χ0v) is 11.8. The van der Waals surface area contributed by atoms with Gasteiger partial charge in [-0.1, -0.05) is 0 Å². The number of aryl methyl sites for hydroxylation is 1. The van der Waals surface area contributed by atoms with Gasteiger partial charge < -0.3 is 15.8 Å². The van der Waals surface area contributed by atoms with Gasteiger partial charge in [0.1, 0.15) is 12.1 Å². The van der Waals surface area contributed by atoms with E-state index in [-0.39, 0.29) is 5.54 Å². The predicted octanol–water partition coefficient (Wildman–Crippen LogP) is 1.92. The van der Waals surface area contributed by atoms with E-state index in [1.54, 1.807) is 17.7 Å². The largest absolute Gasteiger partial charge is 0.381 e. The average Bonchev–Trinajstić information content (AvgIpc) is 2.83. The second-order valence-electron chi connectivity index (χ2n) is 5.04. The number of hydrogen-bond acceptors (Lipinski definition) is 6. The lowest BCUT2D eigenvalue weighted by Crippen LogP contribution is -2.49. The van der Waals surface area contributed by atoms with Crippen LogP contribution >= 0.6 is 11.3 Å². The van der Waals surface area contributed by atoms with E-state index in [2.05, 4.69) is 27.6 Å². The SMILES string of the molecule is Cc1csc2c(NC3(CN)CCOCC3)ncnc12. The van der Waals surface area contributed by atoms with E-state index in [1.165, 1.54) is 5.56 Å². The molecule has 102 valence electrons. The van der Waals surface area contributed by atoms with Crippen molar-refractivity contribution in [3.63, 3.8) is 0 Å². The summed E-state index contributed by atoms with van der Waals surface area (Å²) in [5.74, 6) is 0.899. The van der Waals surface area contributed by atoms with Crippen LogP contribution in [0.5, 0.6) is 0 Å². The van der Waals surface area contributed by atoms with Crippen molar-refractivity contribution >= 4 is 27.4 Å². The predicted molar refractivity (Wildman–Crippen MR) is 77.6 cm³/mol. The summed E-state index contributed by atoms with van der Waals surface area (Å²) in [5.41, 5.74) is 8.10. The van der Waals surface area contributed by atoms with Gasteiger partial charge in [-0.2, -0.15) is 0 Å². The van der Waals surface area contributed by atoms with Crippen LogP contribution in [-0.2, 0) is 4.74 Å². The second-order valence-corrected chi connectivity index (χ2v) is 5.92. The minimum atomic E-state index is -0.0998. The molecule has 3 heterocycles. The Balaban J connectivity index is 1.95. The third kappa shape index (κ3) is 2.31. The zero-order valence-electron chi connectivity index (χ0n) is 11.0. The highest BCUT2D eigenvalue weighted by molar-refractivity contribution is 7.18. The number of anilines is 1. The monoisotopic (exact) mass is 278 g/mol. The molecule has 1 aliphatic heterocycles. The molecule has 0 aliphatic carbocycles. The van der Waals surface area contributed by atoms with Gasteiger partial charge in [0.2, 0.25) is 0 Å². The van der Waals surface area contributed by atoms with Crippen molar-refractivity contribution in [3.05, 3.63) is 17.3 Å². The number of ether oxygens (including phenoxy) is 1. The molecule has 0 atom stereocenters. The second kappa shape index (κ2) is 5.03. The van der Waals surface area contributed by atoms with Gasteiger partial charge in [-0.15, -0.1) is 11.3 Å². The Morgan fingerprint density at radius 3 is 2.95 bits per heavy atom. The molecule has 2 aromatic rings. The summed E-state index contributed by atoms with van der Waals surface area (Å²) < 4.78 is 6.54. The molecule has 1 fully saturated rings. The molecule has 0 bridgehead atoms. The lowest BCUT2D eigenvalue weighted by atomic mass is 9.90. The fourth-order valence-corrected chi connectivity index (χ4v) is 3.40. The standard InChI is InChI=1S/C13H18N4OS/c1-9-6-19-11-10(9)15-8-16-12(11)17-13(7-14)2-4-18-5-3-13/h6,8H,2-5,7,14H2,1H3,(H,15,16,17). The normalized spacial score (nSPS) is 18.6. The number of hydrogen-bond donors (Lipinski definition) is 2. The Bertz CT molecular complexity index is 577. The number of fused-ring (bicyclic) bond motifs is 1. The fourth-order valence-electron chi connectivity index (χ4n) is 2.45. The van der Waals surface area contributed by atoms with Crippen molar-refractivity contribution in [2.75, 3.05) is 25.1 Å². The lowest BCUT2D eigenvalue weighted by Gasteiger charge is -2.37. The Labute approximate surface area is 116 Å². The topological polar surface area (TPSA) is 73.1 Å². The molecule has 0 aromatic carbocycles. The molecule has 0 unspecified atom stereocenters. The molecule has 0 amide bonds. The molecular formula is C13H18N4OS. The maximum Gasteiger partial charge on any atom is 0.147 e. The Hall–Kier alpha value is -1.24. The van der Waals surface area contributed by atoms with Crippen LogP contribution < -0.4 is 11.1 Å². The first kappa shape index (κ1) is 12.8. The zero-order chi connectivity index (χ0) is 13.3. The summed E-state index contributed by atoms with van der Waals surface area (Å²) in [7, 11) is 0. The third-order valence-corrected chi connectivity index (χ3v) is 4.85. The number of rotatable bonds is 3. The molecule has 1 aliphatic rings. The van der Waals surface area contributed by atoms with E-state index in [0.717, 1.165) is 42.1 Å². The molecule has 0 spiro atoms. The van der Waals surface area contributed by atoms with Crippen LogP contribution in [-0.4, -0.2) is 35.3 Å². The van der Waals surface area contributed by atoms with Gasteiger partial charge in [0.15, 0.2) is 0 Å². The van der Waals surface area contributed by atoms with Crippen LogP contribution in [0, 0.1) is 6.92 Å². The van der Waals surface area contributed by atoms with Gasteiger partial charge in [-0.3, -0.25) is 0 Å². The number of nitrogens with two attached hydrogens (primary N) is 1. The van der Waals surface area contributed by atoms with E-state index in [4.69, 9.17) is 10.5 Å². The molecule has 0 saturated carbocycles. The van der Waals surface area contributed by atoms with Crippen molar-refractivity contribution in [1.29, 1.82) is 0 Å². The van der Waals surface area contributed by atoms with Gasteiger partial charge in [-0.25, -0.2) is 9.97 Å². The summed E-state index contributed by atoms with van der Waals surface area (Å²) in [5, 5.41) is 5.67. The molecular weight excluding hydrogens is 260 g/mol. The lowest BCUT2D eigenvalue weighted by molar-refractivity contribution is 0.0627. The minimum absolute atomic E-state index is 0.0998. The van der Waals surface area contributed by atoms with Gasteiger partial charge in [0.25, 0.3) is 0 Å². The quantitative estimate of drug-likeness (QED) is 0.897.